The highest BCUT2D eigenvalue weighted by Gasteiger charge is 2.17. The maximum Gasteiger partial charge on any atom is 0.244 e. The van der Waals surface area contributed by atoms with Crippen molar-refractivity contribution in [2.75, 3.05) is 7.11 Å². The Bertz CT molecular complexity index is 760. The molecule has 2 aromatic carbocycles. The lowest BCUT2D eigenvalue weighted by atomic mass is 10.0. The molecule has 0 aliphatic carbocycles. The molecule has 0 spiro atoms. The first-order valence-corrected chi connectivity index (χ1v) is 7.66. The van der Waals surface area contributed by atoms with E-state index >= 15 is 0 Å². The zero-order valence-electron chi connectivity index (χ0n) is 13.9. The predicted molar refractivity (Wildman–Crippen MR) is 91.0 cm³/mol. The number of carbonyl (C=O) groups excluding carboxylic acids is 1. The normalized spacial score (nSPS) is 13.5. The summed E-state index contributed by atoms with van der Waals surface area (Å²) in [5.41, 5.74) is 1.10. The summed E-state index contributed by atoms with van der Waals surface area (Å²) >= 11 is 0. The largest absolute Gasteiger partial charge is 0.494 e. The molecule has 0 aliphatic rings. The zero-order chi connectivity index (χ0) is 18.4. The van der Waals surface area contributed by atoms with E-state index in [4.69, 9.17) is 4.74 Å². The van der Waals surface area contributed by atoms with Crippen molar-refractivity contribution in [3.63, 3.8) is 0 Å². The smallest absolute Gasteiger partial charge is 0.244 e. The van der Waals surface area contributed by atoms with Gasteiger partial charge in [0.2, 0.25) is 5.91 Å². The highest BCUT2D eigenvalue weighted by molar-refractivity contribution is 5.92. The fourth-order valence-electron chi connectivity index (χ4n) is 2.25. The average molecular weight is 347 g/mol. The van der Waals surface area contributed by atoms with Crippen LogP contribution in [0.1, 0.15) is 24.2 Å². The molecule has 0 saturated carbocycles. The van der Waals surface area contributed by atoms with E-state index in [1.807, 2.05) is 0 Å². The summed E-state index contributed by atoms with van der Waals surface area (Å²) in [4.78, 5) is 12.0. The molecule has 2 N–H and O–H groups in total. The minimum absolute atomic E-state index is 0.0858. The quantitative estimate of drug-likeness (QED) is 0.789. The van der Waals surface area contributed by atoms with E-state index in [9.17, 15) is 18.7 Å². The summed E-state index contributed by atoms with van der Waals surface area (Å²) in [5, 5.41) is 12.8. The van der Waals surface area contributed by atoms with E-state index in [0.717, 1.165) is 0 Å². The number of aliphatic hydroxyl groups excluding tert-OH is 1. The van der Waals surface area contributed by atoms with Crippen LogP contribution in [0.3, 0.4) is 0 Å². The standard InChI is InChI=1S/C19H19F2NO3/c1-12(19(24)14-5-7-15(20)8-6-14)22-18(23)10-4-13-3-9-16(21)17(11-13)25-2/h3-12,19,24H,1-2H3,(H,22,23)/b10-4+. The van der Waals surface area contributed by atoms with Gasteiger partial charge in [0.25, 0.3) is 0 Å². The van der Waals surface area contributed by atoms with Gasteiger partial charge in [-0.2, -0.15) is 0 Å². The molecule has 2 atom stereocenters. The van der Waals surface area contributed by atoms with Crippen LogP contribution in [0.2, 0.25) is 0 Å². The van der Waals surface area contributed by atoms with Crippen molar-refractivity contribution in [3.05, 3.63) is 71.3 Å². The van der Waals surface area contributed by atoms with Crippen molar-refractivity contribution in [2.24, 2.45) is 0 Å². The van der Waals surface area contributed by atoms with Crippen molar-refractivity contribution in [2.45, 2.75) is 19.1 Å². The number of aliphatic hydroxyl groups is 1. The first-order chi connectivity index (χ1) is 11.9. The number of amides is 1. The third-order valence-corrected chi connectivity index (χ3v) is 3.66. The van der Waals surface area contributed by atoms with Crippen LogP contribution in [-0.4, -0.2) is 24.2 Å². The number of halogens is 2. The lowest BCUT2D eigenvalue weighted by molar-refractivity contribution is -0.117. The SMILES string of the molecule is COc1cc(/C=C/C(=O)NC(C)C(O)c2ccc(F)cc2)ccc1F. The van der Waals surface area contributed by atoms with Gasteiger partial charge in [-0.25, -0.2) is 8.78 Å². The Morgan fingerprint density at radius 2 is 1.88 bits per heavy atom. The molecular formula is C19H19F2NO3. The molecule has 132 valence electrons. The molecule has 0 aliphatic heterocycles. The molecule has 2 unspecified atom stereocenters. The highest BCUT2D eigenvalue weighted by atomic mass is 19.1. The number of benzene rings is 2. The van der Waals surface area contributed by atoms with Crippen LogP contribution < -0.4 is 10.1 Å². The van der Waals surface area contributed by atoms with Gasteiger partial charge in [-0.3, -0.25) is 4.79 Å². The third-order valence-electron chi connectivity index (χ3n) is 3.66. The van der Waals surface area contributed by atoms with Crippen LogP contribution in [0.5, 0.6) is 5.75 Å². The van der Waals surface area contributed by atoms with E-state index in [2.05, 4.69) is 5.32 Å². The van der Waals surface area contributed by atoms with Gasteiger partial charge in [0, 0.05) is 6.08 Å². The maximum absolute atomic E-state index is 13.3. The number of nitrogens with one attached hydrogen (secondary N) is 1. The highest BCUT2D eigenvalue weighted by Crippen LogP contribution is 2.19. The summed E-state index contributed by atoms with van der Waals surface area (Å²) in [6, 6.07) is 9.06. The van der Waals surface area contributed by atoms with Gasteiger partial charge in [0.1, 0.15) is 5.82 Å². The second kappa shape index (κ2) is 8.39. The van der Waals surface area contributed by atoms with Gasteiger partial charge in [-0.05, 0) is 48.4 Å². The molecule has 2 aromatic rings. The Balaban J connectivity index is 1.97. The fourth-order valence-corrected chi connectivity index (χ4v) is 2.25. The van der Waals surface area contributed by atoms with Crippen molar-refractivity contribution in [3.8, 4) is 5.75 Å². The predicted octanol–water partition coefficient (Wildman–Crippen LogP) is 3.22. The molecule has 6 heteroatoms. The summed E-state index contributed by atoms with van der Waals surface area (Å²) in [6.45, 7) is 1.64. The summed E-state index contributed by atoms with van der Waals surface area (Å²) in [7, 11) is 1.36. The van der Waals surface area contributed by atoms with Crippen molar-refractivity contribution < 1.29 is 23.4 Å². The molecule has 0 fully saturated rings. The van der Waals surface area contributed by atoms with E-state index in [1.54, 1.807) is 6.92 Å². The van der Waals surface area contributed by atoms with Crippen molar-refractivity contribution >= 4 is 12.0 Å². The summed E-state index contributed by atoms with van der Waals surface area (Å²) < 4.78 is 31.1. The Labute approximate surface area is 144 Å². The first kappa shape index (κ1) is 18.6. The molecule has 0 heterocycles. The van der Waals surface area contributed by atoms with E-state index in [-0.39, 0.29) is 5.75 Å². The summed E-state index contributed by atoms with van der Waals surface area (Å²) in [5.74, 6) is -1.22. The van der Waals surface area contributed by atoms with E-state index in [0.29, 0.717) is 11.1 Å². The zero-order valence-corrected chi connectivity index (χ0v) is 13.9. The van der Waals surface area contributed by atoms with Crippen LogP contribution in [-0.2, 0) is 4.79 Å². The topological polar surface area (TPSA) is 58.6 Å². The number of carbonyl (C=O) groups is 1. The molecule has 1 amide bonds. The van der Waals surface area contributed by atoms with Crippen LogP contribution in [0.4, 0.5) is 8.78 Å². The molecule has 0 saturated heterocycles. The molecule has 4 nitrogen and oxygen atoms in total. The van der Waals surface area contributed by atoms with Gasteiger partial charge in [0.05, 0.1) is 19.3 Å². The van der Waals surface area contributed by atoms with Gasteiger partial charge < -0.3 is 15.2 Å². The monoisotopic (exact) mass is 347 g/mol. The Hall–Kier alpha value is -2.73. The minimum Gasteiger partial charge on any atom is -0.494 e. The second-order valence-electron chi connectivity index (χ2n) is 5.52. The first-order valence-electron chi connectivity index (χ1n) is 7.66. The average Bonchev–Trinajstić information content (AvgIpc) is 2.61. The Morgan fingerprint density at radius 1 is 1.20 bits per heavy atom. The van der Waals surface area contributed by atoms with Crippen LogP contribution in [0.15, 0.2) is 48.5 Å². The Morgan fingerprint density at radius 3 is 2.52 bits per heavy atom. The second-order valence-corrected chi connectivity index (χ2v) is 5.52. The Kier molecular flexibility index (Phi) is 6.25. The molecule has 2 rings (SSSR count). The maximum atomic E-state index is 13.3. The molecule has 0 bridgehead atoms. The van der Waals surface area contributed by atoms with Gasteiger partial charge in [-0.15, -0.1) is 0 Å². The lowest BCUT2D eigenvalue weighted by Gasteiger charge is -2.19. The molecule has 25 heavy (non-hydrogen) atoms. The van der Waals surface area contributed by atoms with Crippen LogP contribution in [0, 0.1) is 11.6 Å². The lowest BCUT2D eigenvalue weighted by Crippen LogP contribution is -2.36. The summed E-state index contributed by atoms with van der Waals surface area (Å²) in [6.07, 6.45) is 1.82. The van der Waals surface area contributed by atoms with E-state index in [1.165, 1.54) is 61.7 Å². The minimum atomic E-state index is -0.969. The number of ether oxygens (including phenoxy) is 1. The number of hydrogen-bond donors (Lipinski definition) is 2. The molecule has 0 aromatic heterocycles. The van der Waals surface area contributed by atoms with Gasteiger partial charge in [0.15, 0.2) is 11.6 Å². The molecule has 0 radical (unpaired) electrons. The number of methoxy groups -OCH3 is 1. The van der Waals surface area contributed by atoms with Crippen LogP contribution in [0.25, 0.3) is 6.08 Å². The van der Waals surface area contributed by atoms with E-state index < -0.39 is 29.7 Å². The third kappa shape index (κ3) is 5.12. The fraction of sp³-hybridized carbons (Fsp3) is 0.211. The van der Waals surface area contributed by atoms with Gasteiger partial charge >= 0.3 is 0 Å². The molecular weight excluding hydrogens is 328 g/mol. The van der Waals surface area contributed by atoms with Crippen LogP contribution >= 0.6 is 0 Å². The number of rotatable bonds is 6. The number of hydrogen-bond acceptors (Lipinski definition) is 3. The van der Waals surface area contributed by atoms with Gasteiger partial charge in [-0.1, -0.05) is 18.2 Å². The van der Waals surface area contributed by atoms with Crippen molar-refractivity contribution in [1.82, 2.24) is 5.32 Å². The van der Waals surface area contributed by atoms with Crippen molar-refractivity contribution in [1.29, 1.82) is 0 Å².